The minimum Gasteiger partial charge on any atom is -0.496 e. The van der Waals surface area contributed by atoms with Crippen molar-refractivity contribution in [2.45, 2.75) is 19.4 Å². The first-order valence-electron chi connectivity index (χ1n) is 6.27. The van der Waals surface area contributed by atoms with Crippen LogP contribution in [0.4, 0.5) is 0 Å². The first-order chi connectivity index (χ1) is 8.56. The van der Waals surface area contributed by atoms with E-state index in [0.29, 0.717) is 13.1 Å². The van der Waals surface area contributed by atoms with Gasteiger partial charge in [0.25, 0.3) is 0 Å². The number of aryl methyl sites for hydroxylation is 1. The Morgan fingerprint density at radius 1 is 1.44 bits per heavy atom. The van der Waals surface area contributed by atoms with Crippen molar-refractivity contribution in [2.75, 3.05) is 33.8 Å². The summed E-state index contributed by atoms with van der Waals surface area (Å²) < 4.78 is 5.24. The lowest BCUT2D eigenvalue weighted by Crippen LogP contribution is -2.35. The molecule has 1 atom stereocenters. The second-order valence-corrected chi connectivity index (χ2v) is 4.71. The Labute approximate surface area is 109 Å². The predicted octanol–water partition coefficient (Wildman–Crippen LogP) is 0.798. The molecule has 0 radical (unpaired) electrons. The molecule has 18 heavy (non-hydrogen) atoms. The van der Waals surface area contributed by atoms with Crippen molar-refractivity contribution in [3.05, 3.63) is 29.3 Å². The zero-order valence-electron chi connectivity index (χ0n) is 11.5. The third-order valence-electron chi connectivity index (χ3n) is 3.04. The predicted molar refractivity (Wildman–Crippen MR) is 74.0 cm³/mol. The molecule has 1 aromatic carbocycles. The zero-order valence-corrected chi connectivity index (χ0v) is 11.5. The van der Waals surface area contributed by atoms with Gasteiger partial charge in [-0.2, -0.15) is 0 Å². The van der Waals surface area contributed by atoms with Gasteiger partial charge in [-0.25, -0.2) is 0 Å². The number of hydrogen-bond acceptors (Lipinski definition) is 4. The quantitative estimate of drug-likeness (QED) is 0.753. The van der Waals surface area contributed by atoms with Crippen LogP contribution in [0.5, 0.6) is 5.75 Å². The third kappa shape index (κ3) is 4.64. The summed E-state index contributed by atoms with van der Waals surface area (Å²) in [6.07, 6.45) is 0.520. The minimum absolute atomic E-state index is 0.311. The van der Waals surface area contributed by atoms with E-state index in [-0.39, 0.29) is 0 Å². The Bertz CT molecular complexity index is 369. The fourth-order valence-electron chi connectivity index (χ4n) is 1.94. The van der Waals surface area contributed by atoms with Crippen LogP contribution in [0.1, 0.15) is 11.1 Å². The lowest BCUT2D eigenvalue weighted by Gasteiger charge is -2.19. The van der Waals surface area contributed by atoms with Crippen LogP contribution in [0, 0.1) is 6.92 Å². The van der Waals surface area contributed by atoms with Gasteiger partial charge in [-0.3, -0.25) is 0 Å². The monoisotopic (exact) mass is 252 g/mol. The van der Waals surface area contributed by atoms with Crippen molar-refractivity contribution in [2.24, 2.45) is 5.73 Å². The molecule has 0 saturated carbocycles. The molecule has 0 heterocycles. The number of aliphatic hydroxyl groups is 1. The molecule has 4 nitrogen and oxygen atoms in total. The lowest BCUT2D eigenvalue weighted by molar-refractivity contribution is 0.133. The summed E-state index contributed by atoms with van der Waals surface area (Å²) in [7, 11) is 3.68. The van der Waals surface area contributed by atoms with Crippen molar-refractivity contribution in [1.82, 2.24) is 4.90 Å². The smallest absolute Gasteiger partial charge is 0.121 e. The number of aliphatic hydroxyl groups excluding tert-OH is 1. The minimum atomic E-state index is -0.437. The van der Waals surface area contributed by atoms with E-state index < -0.39 is 6.10 Å². The van der Waals surface area contributed by atoms with E-state index in [4.69, 9.17) is 10.5 Å². The highest BCUT2D eigenvalue weighted by Gasteiger charge is 2.06. The summed E-state index contributed by atoms with van der Waals surface area (Å²) in [4.78, 5) is 2.09. The molecular weight excluding hydrogens is 228 g/mol. The summed E-state index contributed by atoms with van der Waals surface area (Å²) >= 11 is 0. The first-order valence-corrected chi connectivity index (χ1v) is 6.27. The van der Waals surface area contributed by atoms with Gasteiger partial charge in [0.05, 0.1) is 13.2 Å². The fraction of sp³-hybridized carbons (Fsp3) is 0.571. The van der Waals surface area contributed by atoms with Crippen molar-refractivity contribution < 1.29 is 9.84 Å². The van der Waals surface area contributed by atoms with E-state index >= 15 is 0 Å². The van der Waals surface area contributed by atoms with Crippen LogP contribution < -0.4 is 10.5 Å². The average Bonchev–Trinajstić information content (AvgIpc) is 2.36. The van der Waals surface area contributed by atoms with Crippen LogP contribution in [0.15, 0.2) is 18.2 Å². The van der Waals surface area contributed by atoms with Crippen molar-refractivity contribution in [3.63, 3.8) is 0 Å². The molecule has 0 spiro atoms. The van der Waals surface area contributed by atoms with Crippen LogP contribution in [-0.4, -0.2) is 49.9 Å². The van der Waals surface area contributed by atoms with Gasteiger partial charge in [-0.1, -0.05) is 12.1 Å². The average molecular weight is 252 g/mol. The third-order valence-corrected chi connectivity index (χ3v) is 3.04. The normalized spacial score (nSPS) is 12.8. The Morgan fingerprint density at radius 3 is 2.72 bits per heavy atom. The van der Waals surface area contributed by atoms with Gasteiger partial charge in [-0.15, -0.1) is 0 Å². The molecule has 0 aliphatic heterocycles. The first kappa shape index (κ1) is 15.0. The Morgan fingerprint density at radius 2 is 2.17 bits per heavy atom. The highest BCUT2D eigenvalue weighted by Crippen LogP contribution is 2.18. The van der Waals surface area contributed by atoms with Crippen molar-refractivity contribution >= 4 is 0 Å². The van der Waals surface area contributed by atoms with E-state index in [1.165, 1.54) is 5.56 Å². The molecule has 3 N–H and O–H groups in total. The number of benzene rings is 1. The van der Waals surface area contributed by atoms with Gasteiger partial charge < -0.3 is 20.5 Å². The summed E-state index contributed by atoms with van der Waals surface area (Å²) in [5, 5.41) is 9.45. The number of ether oxygens (including phenoxy) is 1. The number of hydrogen-bond donors (Lipinski definition) is 2. The molecule has 1 aromatic rings. The van der Waals surface area contributed by atoms with Gasteiger partial charge in [0.15, 0.2) is 0 Å². The fourth-order valence-corrected chi connectivity index (χ4v) is 1.94. The Hall–Kier alpha value is -1.10. The molecule has 0 bridgehead atoms. The largest absolute Gasteiger partial charge is 0.496 e. The summed E-state index contributed by atoms with van der Waals surface area (Å²) in [5.41, 5.74) is 7.82. The van der Waals surface area contributed by atoms with Gasteiger partial charge >= 0.3 is 0 Å². The molecule has 1 unspecified atom stereocenters. The molecule has 0 amide bonds. The van der Waals surface area contributed by atoms with Crippen LogP contribution in [0.3, 0.4) is 0 Å². The molecule has 0 aliphatic rings. The molecule has 4 heteroatoms. The highest BCUT2D eigenvalue weighted by atomic mass is 16.5. The molecule has 102 valence electrons. The van der Waals surface area contributed by atoms with Crippen LogP contribution >= 0.6 is 0 Å². The molecule has 0 aliphatic carbocycles. The van der Waals surface area contributed by atoms with Crippen molar-refractivity contribution in [1.29, 1.82) is 0 Å². The van der Waals surface area contributed by atoms with Crippen LogP contribution in [0.2, 0.25) is 0 Å². The summed E-state index contributed by atoms with van der Waals surface area (Å²) in [6, 6.07) is 6.23. The number of likely N-dealkylation sites (N-methyl/N-ethyl adjacent to an activating group) is 1. The van der Waals surface area contributed by atoms with E-state index in [0.717, 1.165) is 24.3 Å². The van der Waals surface area contributed by atoms with E-state index in [1.807, 2.05) is 20.0 Å². The van der Waals surface area contributed by atoms with Crippen LogP contribution in [0.25, 0.3) is 0 Å². The van der Waals surface area contributed by atoms with Gasteiger partial charge in [0, 0.05) is 19.6 Å². The van der Waals surface area contributed by atoms with Crippen LogP contribution in [-0.2, 0) is 6.42 Å². The second kappa shape index (κ2) is 7.36. The van der Waals surface area contributed by atoms with E-state index in [1.54, 1.807) is 7.11 Å². The standard InChI is InChI=1S/C14H24N2O2/c1-11-8-12(4-5-14(11)18-3)6-7-16(2)10-13(17)9-15/h4-5,8,13,17H,6-7,9-10,15H2,1-3H3. The number of nitrogens with two attached hydrogens (primary N) is 1. The molecule has 0 saturated heterocycles. The molecule has 0 aromatic heterocycles. The maximum atomic E-state index is 9.45. The van der Waals surface area contributed by atoms with E-state index in [9.17, 15) is 5.11 Å². The van der Waals surface area contributed by atoms with E-state index in [2.05, 4.69) is 17.0 Å². The molecule has 1 rings (SSSR count). The summed E-state index contributed by atoms with van der Waals surface area (Å²) in [5.74, 6) is 0.922. The maximum absolute atomic E-state index is 9.45. The van der Waals surface area contributed by atoms with Gasteiger partial charge in [0.2, 0.25) is 0 Å². The SMILES string of the molecule is COc1ccc(CCN(C)CC(O)CN)cc1C. The summed E-state index contributed by atoms with van der Waals surface area (Å²) in [6.45, 7) is 3.88. The Kier molecular flexibility index (Phi) is 6.12. The topological polar surface area (TPSA) is 58.7 Å². The molecular formula is C14H24N2O2. The second-order valence-electron chi connectivity index (χ2n) is 4.71. The number of rotatable bonds is 7. The van der Waals surface area contributed by atoms with Crippen molar-refractivity contribution in [3.8, 4) is 5.75 Å². The Balaban J connectivity index is 2.46. The lowest BCUT2D eigenvalue weighted by atomic mass is 10.1. The zero-order chi connectivity index (χ0) is 13.5. The number of methoxy groups -OCH3 is 1. The number of nitrogens with zero attached hydrogens (tertiary/aromatic N) is 1. The molecule has 0 fully saturated rings. The maximum Gasteiger partial charge on any atom is 0.121 e. The van der Waals surface area contributed by atoms with Gasteiger partial charge in [0.1, 0.15) is 5.75 Å². The van der Waals surface area contributed by atoms with Gasteiger partial charge in [-0.05, 0) is 37.6 Å². The highest BCUT2D eigenvalue weighted by molar-refractivity contribution is 5.36.